The number of benzene rings is 4. The van der Waals surface area contributed by atoms with Crippen LogP contribution in [0.2, 0.25) is 0 Å². The summed E-state index contributed by atoms with van der Waals surface area (Å²) >= 11 is 0. The molecule has 0 bridgehead atoms. The van der Waals surface area contributed by atoms with Gasteiger partial charge in [0.25, 0.3) is 0 Å². The number of nitrogen functional groups attached to an aromatic ring is 1. The van der Waals surface area contributed by atoms with Gasteiger partial charge in [0.2, 0.25) is 0 Å². The summed E-state index contributed by atoms with van der Waals surface area (Å²) in [6.07, 6.45) is 3.01. The molecule has 1 aliphatic rings. The fraction of sp³-hybridized carbons (Fsp3) is 0.0769. The Labute approximate surface area is 172 Å². The topological polar surface area (TPSA) is 35.2 Å². The summed E-state index contributed by atoms with van der Waals surface area (Å²) in [7, 11) is 2.98. The lowest BCUT2D eigenvalue weighted by Gasteiger charge is -2.35. The van der Waals surface area contributed by atoms with Crippen LogP contribution in [-0.4, -0.2) is 5.34 Å². The average molecular weight is 395 g/mol. The molecule has 3 heteroatoms. The largest absolute Gasteiger partial charge is 0.478 e. The predicted octanol–water partition coefficient (Wildman–Crippen LogP) is 4.46. The van der Waals surface area contributed by atoms with Crippen molar-refractivity contribution in [3.05, 3.63) is 107 Å². The van der Waals surface area contributed by atoms with Crippen LogP contribution in [-0.2, 0) is 0 Å². The van der Waals surface area contributed by atoms with Gasteiger partial charge >= 0.3 is 0 Å². The molecule has 0 saturated carbocycles. The van der Waals surface area contributed by atoms with Crippen molar-refractivity contribution in [3.63, 3.8) is 0 Å². The van der Waals surface area contributed by atoms with Crippen molar-refractivity contribution in [3.8, 4) is 5.75 Å². The van der Waals surface area contributed by atoms with E-state index in [0.29, 0.717) is 5.69 Å². The molecule has 4 aromatic rings. The number of fused-ring (bicyclic) bond motifs is 2. The minimum absolute atomic E-state index is 0.591. The van der Waals surface area contributed by atoms with Crippen LogP contribution in [0.25, 0.3) is 22.4 Å². The van der Waals surface area contributed by atoms with E-state index in [1.165, 1.54) is 32.3 Å². The zero-order chi connectivity index (χ0) is 19.8. The fourth-order valence-electron chi connectivity index (χ4n) is 4.19. The molecule has 2 unspecified atom stereocenters. The lowest BCUT2D eigenvalue weighted by molar-refractivity contribution is 0.229. The minimum Gasteiger partial charge on any atom is -0.478 e. The Morgan fingerprint density at radius 1 is 0.828 bits per heavy atom. The van der Waals surface area contributed by atoms with E-state index in [1.807, 2.05) is 24.3 Å². The van der Waals surface area contributed by atoms with Crippen molar-refractivity contribution in [2.24, 2.45) is 0 Å². The van der Waals surface area contributed by atoms with Crippen LogP contribution in [0.4, 0.5) is 5.69 Å². The Morgan fingerprint density at radius 3 is 2.48 bits per heavy atom. The molecule has 4 aromatic carbocycles. The van der Waals surface area contributed by atoms with E-state index in [0.717, 1.165) is 12.2 Å². The second-order valence-corrected chi connectivity index (χ2v) is 8.39. The Morgan fingerprint density at radius 2 is 1.59 bits per heavy atom. The summed E-state index contributed by atoms with van der Waals surface area (Å²) in [4.78, 5) is 0. The molecule has 2 nitrogen and oxygen atoms in total. The zero-order valence-electron chi connectivity index (χ0n) is 16.0. The Bertz CT molecular complexity index is 1340. The molecule has 0 amide bonds. The molecule has 0 heterocycles. The third kappa shape index (κ3) is 3.20. The molecule has 1 aliphatic carbocycles. The van der Waals surface area contributed by atoms with Crippen molar-refractivity contribution < 1.29 is 4.74 Å². The van der Waals surface area contributed by atoms with Crippen molar-refractivity contribution in [1.82, 2.24) is 0 Å². The van der Waals surface area contributed by atoms with Gasteiger partial charge in [-0.2, -0.15) is 0 Å². The van der Waals surface area contributed by atoms with Crippen LogP contribution >= 0.6 is 9.24 Å². The minimum atomic E-state index is -0.591. The molecule has 5 rings (SSSR count). The van der Waals surface area contributed by atoms with Crippen molar-refractivity contribution in [1.29, 1.82) is 0 Å². The molecule has 29 heavy (non-hydrogen) atoms. The van der Waals surface area contributed by atoms with Gasteiger partial charge in [-0.15, -0.1) is 0 Å². The van der Waals surface area contributed by atoms with Gasteiger partial charge in [-0.25, -0.2) is 0 Å². The third-order valence-electron chi connectivity index (χ3n) is 5.50. The Hall–Kier alpha value is -3.09. The van der Waals surface area contributed by atoms with Gasteiger partial charge in [0.1, 0.15) is 5.75 Å². The monoisotopic (exact) mass is 395 g/mol. The Kier molecular flexibility index (Phi) is 4.38. The van der Waals surface area contributed by atoms with Gasteiger partial charge in [-0.05, 0) is 38.9 Å². The highest BCUT2D eigenvalue weighted by Crippen LogP contribution is 2.42. The number of nitrogens with two attached hydrogens (primary N) is 1. The third-order valence-corrected chi connectivity index (χ3v) is 6.14. The van der Waals surface area contributed by atoms with Gasteiger partial charge in [-0.1, -0.05) is 88.1 Å². The zero-order valence-corrected chi connectivity index (χ0v) is 17.2. The molecular weight excluding hydrogens is 373 g/mol. The first-order valence-corrected chi connectivity index (χ1v) is 10.3. The normalized spacial score (nSPS) is 18.2. The molecule has 142 valence electrons. The summed E-state index contributed by atoms with van der Waals surface area (Å²) in [6, 6.07) is 31.2. The SMILES string of the molecule is Nc1cccc(OC2(P)CC=c3ccccc3=C2c2cccc3ccccc23)c1. The van der Waals surface area contributed by atoms with Gasteiger partial charge in [0, 0.05) is 23.7 Å². The van der Waals surface area contributed by atoms with Gasteiger partial charge in [0.15, 0.2) is 5.34 Å². The van der Waals surface area contributed by atoms with Crippen molar-refractivity contribution in [2.75, 3.05) is 5.73 Å². The summed E-state index contributed by atoms with van der Waals surface area (Å²) in [6.45, 7) is 0. The first kappa shape index (κ1) is 18.0. The molecule has 2 atom stereocenters. The first-order valence-electron chi connectivity index (χ1n) is 9.76. The van der Waals surface area contributed by atoms with Crippen LogP contribution in [0.3, 0.4) is 0 Å². The van der Waals surface area contributed by atoms with E-state index >= 15 is 0 Å². The smallest absolute Gasteiger partial charge is 0.151 e. The van der Waals surface area contributed by atoms with E-state index < -0.39 is 5.34 Å². The lowest BCUT2D eigenvalue weighted by Crippen LogP contribution is -2.43. The molecule has 0 aliphatic heterocycles. The maximum absolute atomic E-state index is 6.61. The first-order chi connectivity index (χ1) is 14.1. The van der Waals surface area contributed by atoms with Gasteiger partial charge in [-0.3, -0.25) is 0 Å². The molecule has 0 radical (unpaired) electrons. The highest BCUT2D eigenvalue weighted by Gasteiger charge is 2.35. The second kappa shape index (κ2) is 7.06. The maximum atomic E-state index is 6.61. The fourth-order valence-corrected chi connectivity index (χ4v) is 4.76. The van der Waals surface area contributed by atoms with Crippen LogP contribution in [0.1, 0.15) is 12.0 Å². The molecule has 0 fully saturated rings. The average Bonchev–Trinajstić information content (AvgIpc) is 2.73. The number of hydrogen-bond acceptors (Lipinski definition) is 2. The maximum Gasteiger partial charge on any atom is 0.151 e. The van der Waals surface area contributed by atoms with Crippen molar-refractivity contribution >= 4 is 37.3 Å². The van der Waals surface area contributed by atoms with E-state index in [9.17, 15) is 0 Å². The van der Waals surface area contributed by atoms with Crippen LogP contribution in [0.5, 0.6) is 5.75 Å². The van der Waals surface area contributed by atoms with Crippen LogP contribution < -0.4 is 20.9 Å². The number of ether oxygens (including phenoxy) is 1. The molecule has 2 N–H and O–H groups in total. The van der Waals surface area contributed by atoms with E-state index in [1.54, 1.807) is 0 Å². The highest BCUT2D eigenvalue weighted by molar-refractivity contribution is 7.20. The molecule has 0 spiro atoms. The second-order valence-electron chi connectivity index (χ2n) is 7.46. The van der Waals surface area contributed by atoms with E-state index in [4.69, 9.17) is 10.5 Å². The van der Waals surface area contributed by atoms with E-state index in [-0.39, 0.29) is 0 Å². The van der Waals surface area contributed by atoms with E-state index in [2.05, 4.69) is 82.0 Å². The van der Waals surface area contributed by atoms with Crippen LogP contribution in [0, 0.1) is 0 Å². The van der Waals surface area contributed by atoms with Gasteiger partial charge < -0.3 is 10.5 Å². The lowest BCUT2D eigenvalue weighted by atomic mass is 9.87. The Balaban J connectivity index is 1.80. The standard InChI is InChI=1S/C26H22NOP/c27-20-10-6-11-21(17-20)28-26(29)16-15-19-8-2-4-13-23(19)25(26)24-14-5-9-18-7-1-3-12-22(18)24/h1-15,17H,16,27,29H2. The number of rotatable bonds is 3. The quantitative estimate of drug-likeness (QED) is 0.411. The summed E-state index contributed by atoms with van der Waals surface area (Å²) < 4.78 is 6.61. The predicted molar refractivity (Wildman–Crippen MR) is 125 cm³/mol. The molecule has 0 aromatic heterocycles. The highest BCUT2D eigenvalue weighted by atomic mass is 31.0. The van der Waals surface area contributed by atoms with Crippen LogP contribution in [0.15, 0.2) is 91.0 Å². The number of hydrogen-bond donors (Lipinski definition) is 1. The molecular formula is C26H22NOP. The van der Waals surface area contributed by atoms with Crippen molar-refractivity contribution in [2.45, 2.75) is 11.8 Å². The summed E-state index contributed by atoms with van der Waals surface area (Å²) in [5.74, 6) is 0.769. The summed E-state index contributed by atoms with van der Waals surface area (Å²) in [5, 5.41) is 4.30. The van der Waals surface area contributed by atoms with Gasteiger partial charge in [0.05, 0.1) is 0 Å². The summed E-state index contributed by atoms with van der Waals surface area (Å²) in [5.41, 5.74) is 9.08. The number of anilines is 1. The molecule has 0 saturated heterocycles.